The van der Waals surface area contributed by atoms with E-state index in [0.717, 1.165) is 51.4 Å². The van der Waals surface area contributed by atoms with Gasteiger partial charge in [-0.3, -0.25) is 9.36 Å². The summed E-state index contributed by atoms with van der Waals surface area (Å²) < 4.78 is 23.4. The highest BCUT2D eigenvalue weighted by Gasteiger charge is 2.23. The Morgan fingerprint density at radius 2 is 0.711 bits per heavy atom. The first kappa shape index (κ1) is 81.2. The Balaban J connectivity index is 4.01. The number of aliphatic hydroxyl groups is 1. The summed E-state index contributed by atoms with van der Waals surface area (Å²) in [6, 6.07) is -0.913. The summed E-state index contributed by atoms with van der Waals surface area (Å²) in [5.74, 6) is -0.207. The zero-order valence-corrected chi connectivity index (χ0v) is 56.8. The Labute approximate surface area is 517 Å². The average Bonchev–Trinajstić information content (AvgIpc) is 3.50. The second-order valence-electron chi connectivity index (χ2n) is 25.9. The highest BCUT2D eigenvalue weighted by molar-refractivity contribution is 7.45. The predicted octanol–water partition coefficient (Wildman–Crippen LogP) is 22.5. The number of quaternary nitrogens is 1. The minimum atomic E-state index is -4.62. The van der Waals surface area contributed by atoms with Crippen LogP contribution in [-0.2, 0) is 18.4 Å². The lowest BCUT2D eigenvalue weighted by Gasteiger charge is -2.29. The van der Waals surface area contributed by atoms with Crippen molar-refractivity contribution in [3.63, 3.8) is 0 Å². The second-order valence-corrected chi connectivity index (χ2v) is 27.3. The first-order valence-electron chi connectivity index (χ1n) is 36.2. The van der Waals surface area contributed by atoms with Gasteiger partial charge >= 0.3 is 0 Å². The number of nitrogens with zero attached hydrogens (tertiary/aromatic N) is 1. The van der Waals surface area contributed by atoms with Crippen LogP contribution < -0.4 is 10.2 Å². The van der Waals surface area contributed by atoms with E-state index in [9.17, 15) is 19.4 Å². The molecule has 0 radical (unpaired) electrons. The molecule has 1 amide bonds. The molecule has 9 heteroatoms. The molecule has 3 atom stereocenters. The number of amides is 1. The van der Waals surface area contributed by atoms with Crippen LogP contribution in [0.5, 0.6) is 0 Å². The number of unbranched alkanes of at least 4 members (excludes halogenated alkanes) is 46. The Hall–Kier alpha value is -1.80. The van der Waals surface area contributed by atoms with Gasteiger partial charge in [0.2, 0.25) is 5.91 Å². The first-order chi connectivity index (χ1) is 40.5. The summed E-state index contributed by atoms with van der Waals surface area (Å²) in [6.07, 6.45) is 89.4. The fraction of sp³-hybridized carbons (Fsp3) is 0.851. The molecular weight excluding hydrogens is 1040 g/mol. The number of hydrogen-bond acceptors (Lipinski definition) is 6. The number of carbonyl (C=O) groups excluding carboxylic acids is 1. The van der Waals surface area contributed by atoms with Crippen molar-refractivity contribution in [1.29, 1.82) is 0 Å². The molecule has 0 aromatic rings. The van der Waals surface area contributed by atoms with Gasteiger partial charge in [0.1, 0.15) is 13.2 Å². The van der Waals surface area contributed by atoms with E-state index in [1.807, 2.05) is 27.2 Å². The lowest BCUT2D eigenvalue weighted by molar-refractivity contribution is -0.870. The normalized spacial score (nSPS) is 14.0. The van der Waals surface area contributed by atoms with Crippen LogP contribution in [0, 0.1) is 0 Å². The number of nitrogens with one attached hydrogen (secondary N) is 1. The molecule has 488 valence electrons. The summed E-state index contributed by atoms with van der Waals surface area (Å²) in [4.78, 5) is 25.6. The standard InChI is InChI=1S/C74H141N2O6P/c1-6-8-10-12-14-16-18-20-22-24-26-28-30-31-32-33-34-35-36-37-38-39-40-41-42-43-44-45-46-48-50-52-54-56-58-60-62-64-66-68-74(78)75-72(71-82-83(79,80)81-70-69-76(3,4)5)73(77)67-65-63-61-59-57-55-53-51-49-47-29-27-25-23-21-19-17-15-13-11-9-7-2/h34-35,37-38,49,51,57,59,65,67,72-73,77H,6-33,36,39-48,50,52-56,58,60-64,66,68-71H2,1-5H3,(H-,75,78,79,80)/b35-34-,38-37-,51-49+,59-57+,67-65+. The lowest BCUT2D eigenvalue weighted by Crippen LogP contribution is -2.45. The van der Waals surface area contributed by atoms with Crippen molar-refractivity contribution in [2.24, 2.45) is 0 Å². The SMILES string of the molecule is CCCCCCCCCCCCCC/C=C/CC/C=C/CC/C=C/C(O)C(COP(=O)([O-])OCC[N+](C)(C)C)NC(=O)CCCCCCCCCCCCCCCCCCC/C=C\C/C=C\CCCCCCCCCCCCCCCCC. The van der Waals surface area contributed by atoms with Crippen LogP contribution in [0.15, 0.2) is 60.8 Å². The second kappa shape index (κ2) is 64.7. The van der Waals surface area contributed by atoms with Crippen LogP contribution in [-0.4, -0.2) is 68.5 Å². The molecule has 0 spiro atoms. The highest BCUT2D eigenvalue weighted by atomic mass is 31.2. The summed E-state index contributed by atoms with van der Waals surface area (Å²) in [6.45, 7) is 4.66. The van der Waals surface area contributed by atoms with Gasteiger partial charge in [0.25, 0.3) is 7.82 Å². The van der Waals surface area contributed by atoms with Crippen LogP contribution in [0.3, 0.4) is 0 Å². The van der Waals surface area contributed by atoms with Gasteiger partial charge in [-0.2, -0.15) is 0 Å². The zero-order chi connectivity index (χ0) is 60.5. The number of aliphatic hydroxyl groups excluding tert-OH is 1. The molecule has 8 nitrogen and oxygen atoms in total. The number of rotatable bonds is 67. The van der Waals surface area contributed by atoms with Gasteiger partial charge in [-0.25, -0.2) is 0 Å². The Kier molecular flexibility index (Phi) is 63.3. The van der Waals surface area contributed by atoms with Crippen molar-refractivity contribution in [2.45, 2.75) is 366 Å². The molecule has 0 bridgehead atoms. The van der Waals surface area contributed by atoms with Crippen LogP contribution >= 0.6 is 7.82 Å². The van der Waals surface area contributed by atoms with E-state index in [0.29, 0.717) is 17.4 Å². The third-order valence-corrected chi connectivity index (χ3v) is 17.4. The average molecular weight is 1190 g/mol. The molecule has 0 fully saturated rings. The van der Waals surface area contributed by atoms with Gasteiger partial charge in [-0.05, 0) is 77.0 Å². The molecule has 0 aromatic carbocycles. The highest BCUT2D eigenvalue weighted by Crippen LogP contribution is 2.38. The number of carbonyl (C=O) groups is 1. The van der Waals surface area contributed by atoms with E-state index in [1.54, 1.807) is 6.08 Å². The topological polar surface area (TPSA) is 108 Å². The number of phosphoric acid groups is 1. The number of allylic oxidation sites excluding steroid dienone is 9. The van der Waals surface area contributed by atoms with Crippen molar-refractivity contribution in [1.82, 2.24) is 5.32 Å². The molecule has 0 aliphatic rings. The van der Waals surface area contributed by atoms with Gasteiger partial charge < -0.3 is 28.8 Å². The van der Waals surface area contributed by atoms with Crippen molar-refractivity contribution in [2.75, 3.05) is 40.9 Å². The van der Waals surface area contributed by atoms with Gasteiger partial charge in [0, 0.05) is 6.42 Å². The maximum absolute atomic E-state index is 13.0. The quantitative estimate of drug-likeness (QED) is 0.0272. The minimum Gasteiger partial charge on any atom is -0.756 e. The lowest BCUT2D eigenvalue weighted by atomic mass is 10.0. The fourth-order valence-corrected chi connectivity index (χ4v) is 11.5. The van der Waals surface area contributed by atoms with E-state index >= 15 is 0 Å². The van der Waals surface area contributed by atoms with Gasteiger partial charge in [0.05, 0.1) is 39.9 Å². The van der Waals surface area contributed by atoms with Crippen molar-refractivity contribution in [3.05, 3.63) is 60.8 Å². The number of hydrogen-bond donors (Lipinski definition) is 2. The summed E-state index contributed by atoms with van der Waals surface area (Å²) in [5, 5.41) is 13.9. The maximum atomic E-state index is 13.0. The van der Waals surface area contributed by atoms with Crippen LogP contribution in [0.4, 0.5) is 0 Å². The van der Waals surface area contributed by atoms with Gasteiger partial charge in [-0.1, -0.05) is 331 Å². The minimum absolute atomic E-state index is 0.00935. The molecule has 0 aromatic heterocycles. The van der Waals surface area contributed by atoms with Crippen LogP contribution in [0.25, 0.3) is 0 Å². The van der Waals surface area contributed by atoms with Gasteiger partial charge in [-0.15, -0.1) is 0 Å². The molecule has 0 heterocycles. The van der Waals surface area contributed by atoms with Gasteiger partial charge in [0.15, 0.2) is 0 Å². The molecule has 0 saturated carbocycles. The van der Waals surface area contributed by atoms with E-state index in [1.165, 1.54) is 283 Å². The molecule has 0 aliphatic heterocycles. The molecule has 2 N–H and O–H groups in total. The monoisotopic (exact) mass is 1190 g/mol. The molecule has 3 unspecified atom stereocenters. The molecular formula is C74H141N2O6P. The molecule has 0 rings (SSSR count). The predicted molar refractivity (Wildman–Crippen MR) is 362 cm³/mol. The third-order valence-electron chi connectivity index (χ3n) is 16.4. The maximum Gasteiger partial charge on any atom is 0.268 e. The summed E-state index contributed by atoms with van der Waals surface area (Å²) >= 11 is 0. The summed E-state index contributed by atoms with van der Waals surface area (Å²) in [7, 11) is 1.24. The van der Waals surface area contributed by atoms with Crippen LogP contribution in [0.2, 0.25) is 0 Å². The third kappa shape index (κ3) is 67.6. The molecule has 0 saturated heterocycles. The zero-order valence-electron chi connectivity index (χ0n) is 55.9. The van der Waals surface area contributed by atoms with E-state index in [-0.39, 0.29) is 12.5 Å². The van der Waals surface area contributed by atoms with E-state index in [4.69, 9.17) is 9.05 Å². The van der Waals surface area contributed by atoms with Crippen molar-refractivity contribution in [3.8, 4) is 0 Å². The van der Waals surface area contributed by atoms with E-state index < -0.39 is 26.6 Å². The summed E-state index contributed by atoms with van der Waals surface area (Å²) in [5.41, 5.74) is 0. The van der Waals surface area contributed by atoms with Crippen molar-refractivity contribution < 1.29 is 32.9 Å². The Morgan fingerprint density at radius 1 is 0.422 bits per heavy atom. The largest absolute Gasteiger partial charge is 0.756 e. The first-order valence-corrected chi connectivity index (χ1v) is 37.6. The van der Waals surface area contributed by atoms with E-state index in [2.05, 4.69) is 67.8 Å². The number of likely N-dealkylation sites (N-methyl/N-ethyl adjacent to an activating group) is 1. The molecule has 0 aliphatic carbocycles. The smallest absolute Gasteiger partial charge is 0.268 e. The van der Waals surface area contributed by atoms with Crippen molar-refractivity contribution >= 4 is 13.7 Å². The Morgan fingerprint density at radius 3 is 1.05 bits per heavy atom. The molecule has 83 heavy (non-hydrogen) atoms. The fourth-order valence-electron chi connectivity index (χ4n) is 10.8. The Bertz CT molecular complexity index is 1540. The van der Waals surface area contributed by atoms with Crippen LogP contribution in [0.1, 0.15) is 354 Å². The number of phosphoric ester groups is 1.